The lowest BCUT2D eigenvalue weighted by Gasteiger charge is -2.11. The molecule has 0 saturated carbocycles. The number of hydrogen-bond acceptors (Lipinski definition) is 1. The molecule has 0 aliphatic carbocycles. The third-order valence-electron chi connectivity index (χ3n) is 4.52. The first-order valence-electron chi connectivity index (χ1n) is 8.09. The maximum Gasteiger partial charge on any atom is 0.251 e. The van der Waals surface area contributed by atoms with Gasteiger partial charge in [0.15, 0.2) is 0 Å². The van der Waals surface area contributed by atoms with E-state index in [0.29, 0.717) is 5.56 Å². The summed E-state index contributed by atoms with van der Waals surface area (Å²) in [4.78, 5) is 12.1. The fourth-order valence-electron chi connectivity index (χ4n) is 3.37. The molecule has 0 unspecified atom stereocenters. The molecule has 0 saturated heterocycles. The Morgan fingerprint density at radius 2 is 1.67 bits per heavy atom. The summed E-state index contributed by atoms with van der Waals surface area (Å²) in [6.07, 6.45) is 0. The third-order valence-corrected chi connectivity index (χ3v) is 4.52. The Bertz CT molecular complexity index is 892. The lowest BCUT2D eigenvalue weighted by Crippen LogP contribution is -2.13. The molecule has 0 spiro atoms. The number of nitrogens with two attached hydrogens (primary N) is 1. The van der Waals surface area contributed by atoms with Gasteiger partial charge in [0.2, 0.25) is 0 Å². The van der Waals surface area contributed by atoms with Crippen LogP contribution in [0.2, 0.25) is 0 Å². The van der Waals surface area contributed by atoms with Crippen LogP contribution in [0.5, 0.6) is 0 Å². The van der Waals surface area contributed by atoms with Gasteiger partial charge in [0.05, 0.1) is 5.56 Å². The van der Waals surface area contributed by atoms with Gasteiger partial charge in [-0.3, -0.25) is 4.79 Å². The predicted molar refractivity (Wildman–Crippen MR) is 98.1 cm³/mol. The molecule has 3 aromatic rings. The van der Waals surface area contributed by atoms with Crippen molar-refractivity contribution in [1.82, 2.24) is 4.57 Å². The molecule has 0 bridgehead atoms. The number of primary amides is 1. The SMILES string of the molecule is Cc1cccc(Cn2c(C)c(C(N)=O)c(-c3ccccc3)c2C)c1. The van der Waals surface area contributed by atoms with Crippen LogP contribution in [-0.4, -0.2) is 10.5 Å². The Morgan fingerprint density at radius 3 is 2.29 bits per heavy atom. The summed E-state index contributed by atoms with van der Waals surface area (Å²) in [7, 11) is 0. The van der Waals surface area contributed by atoms with Crippen molar-refractivity contribution in [3.05, 3.63) is 82.7 Å². The second-order valence-corrected chi connectivity index (χ2v) is 6.23. The summed E-state index contributed by atoms with van der Waals surface area (Å²) in [5.74, 6) is -0.377. The van der Waals surface area contributed by atoms with Crippen molar-refractivity contribution in [1.29, 1.82) is 0 Å². The van der Waals surface area contributed by atoms with Crippen molar-refractivity contribution in [3.8, 4) is 11.1 Å². The molecular formula is C21H22N2O. The van der Waals surface area contributed by atoms with Crippen molar-refractivity contribution in [2.75, 3.05) is 0 Å². The molecule has 24 heavy (non-hydrogen) atoms. The van der Waals surface area contributed by atoms with Gasteiger partial charge in [-0.25, -0.2) is 0 Å². The smallest absolute Gasteiger partial charge is 0.251 e. The van der Waals surface area contributed by atoms with Gasteiger partial charge in [-0.05, 0) is 31.9 Å². The monoisotopic (exact) mass is 318 g/mol. The number of carbonyl (C=O) groups is 1. The van der Waals surface area contributed by atoms with Gasteiger partial charge in [0, 0.05) is 23.5 Å². The van der Waals surface area contributed by atoms with Crippen LogP contribution in [0.1, 0.15) is 32.9 Å². The quantitative estimate of drug-likeness (QED) is 0.769. The lowest BCUT2D eigenvalue weighted by molar-refractivity contribution is 0.1000. The molecule has 1 amide bonds. The number of aromatic nitrogens is 1. The van der Waals surface area contributed by atoms with E-state index in [9.17, 15) is 4.79 Å². The number of carbonyl (C=O) groups excluding carboxylic acids is 1. The third kappa shape index (κ3) is 2.85. The van der Waals surface area contributed by atoms with Gasteiger partial charge >= 0.3 is 0 Å². The second kappa shape index (κ2) is 6.36. The highest BCUT2D eigenvalue weighted by Gasteiger charge is 2.22. The number of hydrogen-bond donors (Lipinski definition) is 1. The number of benzene rings is 2. The second-order valence-electron chi connectivity index (χ2n) is 6.23. The van der Waals surface area contributed by atoms with E-state index in [0.717, 1.165) is 29.1 Å². The molecule has 0 radical (unpaired) electrons. The minimum Gasteiger partial charge on any atom is -0.366 e. The van der Waals surface area contributed by atoms with E-state index in [-0.39, 0.29) is 5.91 Å². The van der Waals surface area contributed by atoms with Crippen LogP contribution in [0.25, 0.3) is 11.1 Å². The highest BCUT2D eigenvalue weighted by molar-refractivity contribution is 6.02. The highest BCUT2D eigenvalue weighted by Crippen LogP contribution is 2.32. The predicted octanol–water partition coefficient (Wildman–Crippen LogP) is 4.23. The van der Waals surface area contributed by atoms with Crippen LogP contribution in [0, 0.1) is 20.8 Å². The minimum atomic E-state index is -0.377. The summed E-state index contributed by atoms with van der Waals surface area (Å²) < 4.78 is 2.18. The molecule has 0 aliphatic heterocycles. The number of nitrogens with zero attached hydrogens (tertiary/aromatic N) is 1. The fourth-order valence-corrected chi connectivity index (χ4v) is 3.37. The van der Waals surface area contributed by atoms with Crippen molar-refractivity contribution in [2.24, 2.45) is 5.73 Å². The van der Waals surface area contributed by atoms with Gasteiger partial charge < -0.3 is 10.3 Å². The van der Waals surface area contributed by atoms with Crippen LogP contribution in [0.15, 0.2) is 54.6 Å². The summed E-state index contributed by atoms with van der Waals surface area (Å²) in [6, 6.07) is 18.4. The van der Waals surface area contributed by atoms with E-state index in [2.05, 4.69) is 42.7 Å². The fraction of sp³-hybridized carbons (Fsp3) is 0.190. The van der Waals surface area contributed by atoms with E-state index in [1.54, 1.807) is 0 Å². The van der Waals surface area contributed by atoms with Gasteiger partial charge in [-0.15, -0.1) is 0 Å². The van der Waals surface area contributed by atoms with Gasteiger partial charge in [0.25, 0.3) is 5.91 Å². The molecule has 1 aromatic heterocycles. The molecule has 0 aliphatic rings. The average Bonchev–Trinajstić information content (AvgIpc) is 2.80. The number of aryl methyl sites for hydroxylation is 1. The molecule has 2 aromatic carbocycles. The molecule has 0 fully saturated rings. The van der Waals surface area contributed by atoms with Crippen LogP contribution in [0.4, 0.5) is 0 Å². The Balaban J connectivity index is 2.16. The molecule has 0 atom stereocenters. The molecule has 3 nitrogen and oxygen atoms in total. The zero-order chi connectivity index (χ0) is 17.3. The first kappa shape index (κ1) is 16.1. The van der Waals surface area contributed by atoms with Crippen molar-refractivity contribution >= 4 is 5.91 Å². The van der Waals surface area contributed by atoms with Crippen molar-refractivity contribution < 1.29 is 4.79 Å². The Labute approximate surface area is 142 Å². The van der Waals surface area contributed by atoms with Gasteiger partial charge in [-0.1, -0.05) is 60.2 Å². The first-order chi connectivity index (χ1) is 11.5. The Hall–Kier alpha value is -2.81. The molecular weight excluding hydrogens is 296 g/mol. The maximum atomic E-state index is 12.1. The number of rotatable bonds is 4. The van der Waals surface area contributed by atoms with E-state index in [4.69, 9.17) is 5.73 Å². The summed E-state index contributed by atoms with van der Waals surface area (Å²) in [5.41, 5.74) is 12.7. The van der Waals surface area contributed by atoms with E-state index < -0.39 is 0 Å². The highest BCUT2D eigenvalue weighted by atomic mass is 16.1. The Kier molecular flexibility index (Phi) is 4.26. The molecule has 122 valence electrons. The standard InChI is InChI=1S/C21H22N2O/c1-14-8-7-9-17(12-14)13-23-15(2)19(18-10-5-4-6-11-18)20(16(23)3)21(22)24/h4-12H,13H2,1-3H3,(H2,22,24). The summed E-state index contributed by atoms with van der Waals surface area (Å²) >= 11 is 0. The largest absolute Gasteiger partial charge is 0.366 e. The van der Waals surface area contributed by atoms with E-state index >= 15 is 0 Å². The van der Waals surface area contributed by atoms with E-state index in [1.165, 1.54) is 11.1 Å². The van der Waals surface area contributed by atoms with Crippen LogP contribution >= 0.6 is 0 Å². The molecule has 3 rings (SSSR count). The zero-order valence-corrected chi connectivity index (χ0v) is 14.3. The van der Waals surface area contributed by atoms with E-state index in [1.807, 2.05) is 37.3 Å². The maximum absolute atomic E-state index is 12.1. The topological polar surface area (TPSA) is 48.0 Å². The minimum absolute atomic E-state index is 0.377. The van der Waals surface area contributed by atoms with Crippen molar-refractivity contribution in [3.63, 3.8) is 0 Å². The van der Waals surface area contributed by atoms with Crippen LogP contribution in [0.3, 0.4) is 0 Å². The first-order valence-corrected chi connectivity index (χ1v) is 8.09. The Morgan fingerprint density at radius 1 is 0.958 bits per heavy atom. The normalized spacial score (nSPS) is 10.8. The zero-order valence-electron chi connectivity index (χ0n) is 14.3. The molecule has 3 heteroatoms. The average molecular weight is 318 g/mol. The van der Waals surface area contributed by atoms with Gasteiger partial charge in [-0.2, -0.15) is 0 Å². The van der Waals surface area contributed by atoms with Crippen LogP contribution in [-0.2, 0) is 6.54 Å². The van der Waals surface area contributed by atoms with Gasteiger partial charge in [0.1, 0.15) is 0 Å². The summed E-state index contributed by atoms with van der Waals surface area (Å²) in [6.45, 7) is 6.84. The van der Waals surface area contributed by atoms with Crippen LogP contribution < -0.4 is 5.73 Å². The summed E-state index contributed by atoms with van der Waals surface area (Å²) in [5, 5.41) is 0. The molecule has 2 N–H and O–H groups in total. The molecule has 1 heterocycles. The number of amides is 1. The lowest BCUT2D eigenvalue weighted by atomic mass is 10.0. The van der Waals surface area contributed by atoms with Crippen molar-refractivity contribution in [2.45, 2.75) is 27.3 Å².